The summed E-state index contributed by atoms with van der Waals surface area (Å²) in [5.74, 6) is -0.168. The van der Waals surface area contributed by atoms with Gasteiger partial charge in [-0.1, -0.05) is 12.1 Å². The first-order valence-electron chi connectivity index (χ1n) is 9.16. The molecule has 0 aromatic heterocycles. The second-order valence-electron chi connectivity index (χ2n) is 6.69. The van der Waals surface area contributed by atoms with Gasteiger partial charge in [-0.2, -0.15) is 4.31 Å². The molecule has 0 radical (unpaired) electrons. The number of rotatable bonds is 6. The van der Waals surface area contributed by atoms with Crippen molar-refractivity contribution < 1.29 is 17.9 Å². The third kappa shape index (κ3) is 4.70. The Morgan fingerprint density at radius 1 is 1.07 bits per heavy atom. The van der Waals surface area contributed by atoms with Crippen LogP contribution < -0.4 is 10.6 Å². The van der Waals surface area contributed by atoms with E-state index in [9.17, 15) is 13.2 Å². The molecule has 150 valence electrons. The first kappa shape index (κ1) is 20.3. The maximum atomic E-state index is 12.6. The van der Waals surface area contributed by atoms with Crippen LogP contribution in [0.3, 0.4) is 0 Å². The standard InChI is InChI=1S/C20H25N3O4S/c1-15-4-3-5-19(16(15)2)22-20(24)14-21-17-6-8-18(9-7-17)28(25,26)23-10-12-27-13-11-23/h3-9,21H,10-14H2,1-2H3,(H,22,24). The Labute approximate surface area is 165 Å². The van der Waals surface area contributed by atoms with Crippen LogP contribution in [0.15, 0.2) is 47.4 Å². The highest BCUT2D eigenvalue weighted by Gasteiger charge is 2.26. The van der Waals surface area contributed by atoms with Gasteiger partial charge in [0.05, 0.1) is 24.7 Å². The fourth-order valence-electron chi connectivity index (χ4n) is 2.94. The van der Waals surface area contributed by atoms with E-state index in [1.807, 2.05) is 32.0 Å². The van der Waals surface area contributed by atoms with E-state index in [0.29, 0.717) is 32.0 Å². The van der Waals surface area contributed by atoms with Crippen molar-refractivity contribution in [3.63, 3.8) is 0 Å². The second-order valence-corrected chi connectivity index (χ2v) is 8.63. The molecular formula is C20H25N3O4S. The van der Waals surface area contributed by atoms with Crippen molar-refractivity contribution in [1.29, 1.82) is 0 Å². The summed E-state index contributed by atoms with van der Waals surface area (Å²) in [5.41, 5.74) is 3.62. The van der Waals surface area contributed by atoms with Crippen LogP contribution in [-0.2, 0) is 19.6 Å². The number of ether oxygens (including phenoxy) is 1. The molecule has 1 aliphatic rings. The van der Waals surface area contributed by atoms with Crippen molar-refractivity contribution in [2.45, 2.75) is 18.7 Å². The molecule has 0 saturated carbocycles. The number of nitrogens with one attached hydrogen (secondary N) is 2. The monoisotopic (exact) mass is 403 g/mol. The smallest absolute Gasteiger partial charge is 0.243 e. The van der Waals surface area contributed by atoms with Crippen LogP contribution in [0, 0.1) is 13.8 Å². The van der Waals surface area contributed by atoms with Gasteiger partial charge in [0.2, 0.25) is 15.9 Å². The Morgan fingerprint density at radius 2 is 1.75 bits per heavy atom. The van der Waals surface area contributed by atoms with E-state index in [1.54, 1.807) is 24.3 Å². The zero-order valence-corrected chi connectivity index (χ0v) is 16.9. The molecule has 0 spiro atoms. The van der Waals surface area contributed by atoms with Crippen molar-refractivity contribution in [3.05, 3.63) is 53.6 Å². The zero-order chi connectivity index (χ0) is 20.1. The van der Waals surface area contributed by atoms with E-state index < -0.39 is 10.0 Å². The van der Waals surface area contributed by atoms with E-state index >= 15 is 0 Å². The van der Waals surface area contributed by atoms with E-state index in [4.69, 9.17) is 4.74 Å². The molecule has 1 saturated heterocycles. The molecule has 0 bridgehead atoms. The van der Waals surface area contributed by atoms with Gasteiger partial charge in [-0.25, -0.2) is 8.42 Å². The molecule has 0 aliphatic carbocycles. The molecule has 8 heteroatoms. The van der Waals surface area contributed by atoms with E-state index in [-0.39, 0.29) is 17.3 Å². The lowest BCUT2D eigenvalue weighted by atomic mass is 10.1. The van der Waals surface area contributed by atoms with Crippen LogP contribution in [-0.4, -0.2) is 51.5 Å². The number of aryl methyl sites for hydroxylation is 1. The number of morpholine rings is 1. The maximum absolute atomic E-state index is 12.6. The molecule has 7 nitrogen and oxygen atoms in total. The molecule has 1 amide bonds. The summed E-state index contributed by atoms with van der Waals surface area (Å²) in [4.78, 5) is 12.4. The number of anilines is 2. The van der Waals surface area contributed by atoms with Gasteiger partial charge in [0.15, 0.2) is 0 Å². The normalized spacial score (nSPS) is 15.2. The number of benzene rings is 2. The summed E-state index contributed by atoms with van der Waals surface area (Å²) in [7, 11) is -3.51. The Kier molecular flexibility index (Phi) is 6.33. The van der Waals surface area contributed by atoms with Gasteiger partial charge < -0.3 is 15.4 Å². The Hall–Kier alpha value is -2.42. The molecule has 2 aromatic carbocycles. The number of carbonyl (C=O) groups is 1. The summed E-state index contributed by atoms with van der Waals surface area (Å²) in [6, 6.07) is 12.2. The number of hydrogen-bond donors (Lipinski definition) is 2. The molecule has 3 rings (SSSR count). The van der Waals surface area contributed by atoms with Crippen LogP contribution in [0.5, 0.6) is 0 Å². The Balaban J connectivity index is 1.58. The van der Waals surface area contributed by atoms with Gasteiger partial charge in [-0.15, -0.1) is 0 Å². The third-order valence-corrected chi connectivity index (χ3v) is 6.71. The van der Waals surface area contributed by atoms with Gasteiger partial charge >= 0.3 is 0 Å². The summed E-state index contributed by atoms with van der Waals surface area (Å²) in [6.07, 6.45) is 0. The highest BCUT2D eigenvalue weighted by molar-refractivity contribution is 7.89. The van der Waals surface area contributed by atoms with Crippen molar-refractivity contribution in [3.8, 4) is 0 Å². The maximum Gasteiger partial charge on any atom is 0.243 e. The van der Waals surface area contributed by atoms with Crippen molar-refractivity contribution in [2.24, 2.45) is 0 Å². The fraction of sp³-hybridized carbons (Fsp3) is 0.350. The quantitative estimate of drug-likeness (QED) is 0.773. The lowest BCUT2D eigenvalue weighted by molar-refractivity contribution is -0.114. The molecule has 0 unspecified atom stereocenters. The minimum absolute atomic E-state index is 0.0863. The first-order valence-corrected chi connectivity index (χ1v) is 10.6. The molecule has 2 N–H and O–H groups in total. The third-order valence-electron chi connectivity index (χ3n) is 4.79. The molecule has 0 atom stereocenters. The first-order chi connectivity index (χ1) is 13.4. The van der Waals surface area contributed by atoms with E-state index in [1.165, 1.54) is 4.31 Å². The number of nitrogens with zero attached hydrogens (tertiary/aromatic N) is 1. The Morgan fingerprint density at radius 3 is 2.43 bits per heavy atom. The average molecular weight is 404 g/mol. The topological polar surface area (TPSA) is 87.7 Å². The molecule has 1 heterocycles. The molecule has 2 aromatic rings. The largest absolute Gasteiger partial charge is 0.379 e. The van der Waals surface area contributed by atoms with Crippen LogP contribution >= 0.6 is 0 Å². The van der Waals surface area contributed by atoms with Crippen molar-refractivity contribution in [2.75, 3.05) is 43.5 Å². The minimum atomic E-state index is -3.51. The number of sulfonamides is 1. The van der Waals surface area contributed by atoms with Crippen LogP contribution in [0.1, 0.15) is 11.1 Å². The summed E-state index contributed by atoms with van der Waals surface area (Å²) < 4.78 is 31.9. The predicted octanol–water partition coefficient (Wildman–Crippen LogP) is 2.37. The number of hydrogen-bond acceptors (Lipinski definition) is 5. The van der Waals surface area contributed by atoms with Crippen molar-refractivity contribution in [1.82, 2.24) is 4.31 Å². The second kappa shape index (κ2) is 8.72. The molecular weight excluding hydrogens is 378 g/mol. The summed E-state index contributed by atoms with van der Waals surface area (Å²) in [5, 5.41) is 5.90. The number of amides is 1. The van der Waals surface area contributed by atoms with Crippen molar-refractivity contribution >= 4 is 27.3 Å². The van der Waals surface area contributed by atoms with Gasteiger partial charge in [0, 0.05) is 24.5 Å². The van der Waals surface area contributed by atoms with Gasteiger partial charge in [-0.3, -0.25) is 4.79 Å². The van der Waals surface area contributed by atoms with E-state index in [0.717, 1.165) is 16.8 Å². The van der Waals surface area contributed by atoms with Gasteiger partial charge in [0.1, 0.15) is 0 Å². The van der Waals surface area contributed by atoms with Crippen LogP contribution in [0.4, 0.5) is 11.4 Å². The Bertz CT molecular complexity index is 936. The summed E-state index contributed by atoms with van der Waals surface area (Å²) >= 11 is 0. The summed E-state index contributed by atoms with van der Waals surface area (Å²) in [6.45, 7) is 5.59. The number of carbonyl (C=O) groups excluding carboxylic acids is 1. The molecule has 1 fully saturated rings. The SMILES string of the molecule is Cc1cccc(NC(=O)CNc2ccc(S(=O)(=O)N3CCOCC3)cc2)c1C. The minimum Gasteiger partial charge on any atom is -0.379 e. The zero-order valence-electron chi connectivity index (χ0n) is 16.1. The average Bonchev–Trinajstić information content (AvgIpc) is 2.71. The lowest BCUT2D eigenvalue weighted by Gasteiger charge is -2.26. The molecule has 28 heavy (non-hydrogen) atoms. The highest BCUT2D eigenvalue weighted by Crippen LogP contribution is 2.20. The highest BCUT2D eigenvalue weighted by atomic mass is 32.2. The van der Waals surface area contributed by atoms with E-state index in [2.05, 4.69) is 10.6 Å². The lowest BCUT2D eigenvalue weighted by Crippen LogP contribution is -2.40. The van der Waals surface area contributed by atoms with Crippen LogP contribution in [0.25, 0.3) is 0 Å². The van der Waals surface area contributed by atoms with Crippen LogP contribution in [0.2, 0.25) is 0 Å². The molecule has 1 aliphatic heterocycles. The van der Waals surface area contributed by atoms with Gasteiger partial charge in [-0.05, 0) is 55.3 Å². The fourth-order valence-corrected chi connectivity index (χ4v) is 4.35. The van der Waals surface area contributed by atoms with Gasteiger partial charge in [0.25, 0.3) is 0 Å². The predicted molar refractivity (Wildman–Crippen MR) is 109 cm³/mol.